The Hall–Kier alpha value is -3.55. The van der Waals surface area contributed by atoms with Crippen molar-refractivity contribution in [3.8, 4) is 5.75 Å². The van der Waals surface area contributed by atoms with Gasteiger partial charge in [0.05, 0.1) is 12.8 Å². The van der Waals surface area contributed by atoms with Crippen LogP contribution in [0.25, 0.3) is 0 Å². The summed E-state index contributed by atoms with van der Waals surface area (Å²) < 4.78 is 10.3. The van der Waals surface area contributed by atoms with Crippen LogP contribution in [0.15, 0.2) is 48.5 Å². The standard InChI is InChI=1S/C22H27N3O5/c1-14(2)20(25-22(28)23-16-8-6-5-7-9-16)21(27)30-13-19(26)24-17-12-15(3)10-11-18(17)29-4/h5-12,14,20H,13H2,1-4H3,(H,24,26)(H2,23,25,28)/t20-/m0/s1. The van der Waals surface area contributed by atoms with Gasteiger partial charge in [0.1, 0.15) is 11.8 Å². The lowest BCUT2D eigenvalue weighted by atomic mass is 10.1. The first-order valence-corrected chi connectivity index (χ1v) is 9.54. The highest BCUT2D eigenvalue weighted by molar-refractivity contribution is 5.95. The predicted molar refractivity (Wildman–Crippen MR) is 115 cm³/mol. The molecule has 160 valence electrons. The van der Waals surface area contributed by atoms with E-state index >= 15 is 0 Å². The summed E-state index contributed by atoms with van der Waals surface area (Å²) in [6.07, 6.45) is 0. The number of esters is 1. The second-order valence-corrected chi connectivity index (χ2v) is 7.05. The van der Waals surface area contributed by atoms with Crippen molar-refractivity contribution in [2.45, 2.75) is 26.8 Å². The number of anilines is 2. The molecule has 8 heteroatoms. The van der Waals surface area contributed by atoms with E-state index in [-0.39, 0.29) is 5.92 Å². The number of para-hydroxylation sites is 1. The molecule has 0 aliphatic carbocycles. The molecule has 2 aromatic rings. The number of aryl methyl sites for hydroxylation is 1. The predicted octanol–water partition coefficient (Wildman–Crippen LogP) is 3.33. The molecule has 0 bridgehead atoms. The molecule has 8 nitrogen and oxygen atoms in total. The Labute approximate surface area is 175 Å². The Kier molecular flexibility index (Phi) is 8.22. The number of ether oxygens (including phenoxy) is 2. The number of amides is 3. The zero-order valence-electron chi connectivity index (χ0n) is 17.5. The molecule has 0 heterocycles. The number of urea groups is 1. The van der Waals surface area contributed by atoms with Crippen LogP contribution in [-0.2, 0) is 14.3 Å². The highest BCUT2D eigenvalue weighted by Gasteiger charge is 2.26. The van der Waals surface area contributed by atoms with E-state index in [9.17, 15) is 14.4 Å². The number of hydrogen-bond donors (Lipinski definition) is 3. The van der Waals surface area contributed by atoms with Gasteiger partial charge in [-0.15, -0.1) is 0 Å². The largest absolute Gasteiger partial charge is 0.495 e. The van der Waals surface area contributed by atoms with Crippen LogP contribution in [0.3, 0.4) is 0 Å². The molecule has 0 saturated heterocycles. The van der Waals surface area contributed by atoms with Crippen molar-refractivity contribution in [1.82, 2.24) is 5.32 Å². The molecule has 0 spiro atoms. The maximum Gasteiger partial charge on any atom is 0.329 e. The molecule has 0 fully saturated rings. The van der Waals surface area contributed by atoms with Gasteiger partial charge in [-0.1, -0.05) is 38.1 Å². The van der Waals surface area contributed by atoms with Crippen molar-refractivity contribution in [3.05, 3.63) is 54.1 Å². The van der Waals surface area contributed by atoms with Gasteiger partial charge in [0.25, 0.3) is 5.91 Å². The van der Waals surface area contributed by atoms with E-state index in [2.05, 4.69) is 16.0 Å². The number of carbonyl (C=O) groups excluding carboxylic acids is 3. The first-order valence-electron chi connectivity index (χ1n) is 9.54. The lowest BCUT2D eigenvalue weighted by Gasteiger charge is -2.21. The molecule has 0 radical (unpaired) electrons. The van der Waals surface area contributed by atoms with Gasteiger partial charge >= 0.3 is 12.0 Å². The summed E-state index contributed by atoms with van der Waals surface area (Å²) in [6, 6.07) is 12.8. The zero-order valence-corrected chi connectivity index (χ0v) is 17.5. The van der Waals surface area contributed by atoms with Crippen LogP contribution in [0.1, 0.15) is 19.4 Å². The fourth-order valence-electron chi connectivity index (χ4n) is 2.66. The van der Waals surface area contributed by atoms with Crippen molar-refractivity contribution in [1.29, 1.82) is 0 Å². The summed E-state index contributed by atoms with van der Waals surface area (Å²) in [5, 5.41) is 7.89. The second kappa shape index (κ2) is 10.8. The summed E-state index contributed by atoms with van der Waals surface area (Å²) in [5.74, 6) is -0.943. The fraction of sp³-hybridized carbons (Fsp3) is 0.318. The summed E-state index contributed by atoms with van der Waals surface area (Å²) in [6.45, 7) is 4.94. The van der Waals surface area contributed by atoms with E-state index in [0.717, 1.165) is 5.56 Å². The Morgan fingerprint density at radius 3 is 2.33 bits per heavy atom. The molecule has 30 heavy (non-hydrogen) atoms. The Morgan fingerprint density at radius 1 is 1.00 bits per heavy atom. The van der Waals surface area contributed by atoms with Crippen LogP contribution in [0.2, 0.25) is 0 Å². The van der Waals surface area contributed by atoms with Gasteiger partial charge in [-0.3, -0.25) is 4.79 Å². The quantitative estimate of drug-likeness (QED) is 0.576. The van der Waals surface area contributed by atoms with E-state index in [1.54, 1.807) is 50.2 Å². The maximum atomic E-state index is 12.4. The molecule has 0 aliphatic rings. The number of nitrogens with one attached hydrogen (secondary N) is 3. The fourth-order valence-corrected chi connectivity index (χ4v) is 2.66. The van der Waals surface area contributed by atoms with E-state index in [4.69, 9.17) is 9.47 Å². The van der Waals surface area contributed by atoms with Crippen molar-refractivity contribution < 1.29 is 23.9 Å². The Morgan fingerprint density at radius 2 is 1.70 bits per heavy atom. The molecular weight excluding hydrogens is 386 g/mol. The van der Waals surface area contributed by atoms with E-state index in [1.165, 1.54) is 7.11 Å². The van der Waals surface area contributed by atoms with Gasteiger partial charge < -0.3 is 25.4 Å². The smallest absolute Gasteiger partial charge is 0.329 e. The van der Waals surface area contributed by atoms with Crippen LogP contribution in [0, 0.1) is 12.8 Å². The third kappa shape index (κ3) is 6.80. The zero-order chi connectivity index (χ0) is 22.1. The maximum absolute atomic E-state index is 12.4. The Balaban J connectivity index is 1.91. The average Bonchev–Trinajstić information content (AvgIpc) is 2.71. The minimum atomic E-state index is -0.907. The molecule has 0 aromatic heterocycles. The molecule has 0 unspecified atom stereocenters. The molecule has 2 rings (SSSR count). The highest BCUT2D eigenvalue weighted by Crippen LogP contribution is 2.25. The molecule has 3 amide bonds. The van der Waals surface area contributed by atoms with Gasteiger partial charge in [-0.05, 0) is 42.7 Å². The number of rotatable bonds is 8. The molecule has 3 N–H and O–H groups in total. The van der Waals surface area contributed by atoms with Crippen LogP contribution >= 0.6 is 0 Å². The van der Waals surface area contributed by atoms with Crippen molar-refractivity contribution >= 4 is 29.3 Å². The minimum absolute atomic E-state index is 0.237. The van der Waals surface area contributed by atoms with Crippen molar-refractivity contribution in [2.24, 2.45) is 5.92 Å². The van der Waals surface area contributed by atoms with Gasteiger partial charge in [0, 0.05) is 5.69 Å². The van der Waals surface area contributed by atoms with Gasteiger partial charge in [-0.2, -0.15) is 0 Å². The summed E-state index contributed by atoms with van der Waals surface area (Å²) in [4.78, 5) is 36.8. The number of benzene rings is 2. The molecular formula is C22H27N3O5. The molecule has 0 aliphatic heterocycles. The van der Waals surface area contributed by atoms with Gasteiger partial charge in [-0.25, -0.2) is 9.59 Å². The molecule has 1 atom stereocenters. The minimum Gasteiger partial charge on any atom is -0.495 e. The van der Waals surface area contributed by atoms with E-state index in [0.29, 0.717) is 17.1 Å². The normalized spacial score (nSPS) is 11.4. The van der Waals surface area contributed by atoms with E-state index < -0.39 is 30.6 Å². The van der Waals surface area contributed by atoms with Gasteiger partial charge in [0.15, 0.2) is 6.61 Å². The SMILES string of the molecule is COc1ccc(C)cc1NC(=O)COC(=O)[C@@H](NC(=O)Nc1ccccc1)C(C)C. The Bertz CT molecular complexity index is 884. The summed E-state index contributed by atoms with van der Waals surface area (Å²) in [5.41, 5.74) is 2.02. The molecule has 2 aromatic carbocycles. The van der Waals surface area contributed by atoms with Gasteiger partial charge in [0.2, 0.25) is 0 Å². The highest BCUT2D eigenvalue weighted by atomic mass is 16.5. The third-order valence-electron chi connectivity index (χ3n) is 4.21. The number of carbonyl (C=O) groups is 3. The van der Waals surface area contributed by atoms with Crippen molar-refractivity contribution in [2.75, 3.05) is 24.4 Å². The second-order valence-electron chi connectivity index (χ2n) is 7.05. The van der Waals surface area contributed by atoms with Crippen molar-refractivity contribution in [3.63, 3.8) is 0 Å². The summed E-state index contributed by atoms with van der Waals surface area (Å²) >= 11 is 0. The van der Waals surface area contributed by atoms with Crippen LogP contribution < -0.4 is 20.7 Å². The van der Waals surface area contributed by atoms with Crippen LogP contribution in [0.4, 0.5) is 16.2 Å². The molecule has 0 saturated carbocycles. The lowest BCUT2D eigenvalue weighted by molar-refractivity contribution is -0.150. The first kappa shape index (κ1) is 22.7. The summed E-state index contributed by atoms with van der Waals surface area (Å²) in [7, 11) is 1.50. The number of methoxy groups -OCH3 is 1. The lowest BCUT2D eigenvalue weighted by Crippen LogP contribution is -2.47. The van der Waals surface area contributed by atoms with Crippen LogP contribution in [0.5, 0.6) is 5.75 Å². The third-order valence-corrected chi connectivity index (χ3v) is 4.21. The topological polar surface area (TPSA) is 106 Å². The van der Waals surface area contributed by atoms with E-state index in [1.807, 2.05) is 19.1 Å². The first-order chi connectivity index (χ1) is 14.3. The van der Waals surface area contributed by atoms with Crippen LogP contribution in [-0.4, -0.2) is 37.7 Å². The monoisotopic (exact) mass is 413 g/mol. The average molecular weight is 413 g/mol. The number of hydrogen-bond acceptors (Lipinski definition) is 5.